The zero-order valence-electron chi connectivity index (χ0n) is 13.2. The van der Waals surface area contributed by atoms with Crippen molar-refractivity contribution in [3.63, 3.8) is 0 Å². The van der Waals surface area contributed by atoms with Crippen LogP contribution in [0.3, 0.4) is 0 Å². The van der Waals surface area contributed by atoms with Gasteiger partial charge in [-0.15, -0.1) is 5.54 Å². The van der Waals surface area contributed by atoms with Crippen LogP contribution < -0.4 is 11.4 Å². The van der Waals surface area contributed by atoms with Crippen LogP contribution in [0.15, 0.2) is 11.0 Å². The lowest BCUT2D eigenvalue weighted by atomic mass is 10.3. The molecule has 1 heterocycles. The normalized spacial score (nSPS) is 11.8. The molecule has 0 atom stereocenters. The van der Waals surface area contributed by atoms with Gasteiger partial charge in [-0.3, -0.25) is 4.98 Å². The Morgan fingerprint density at radius 3 is 2.05 bits per heavy atom. The van der Waals surface area contributed by atoms with Gasteiger partial charge >= 0.3 is 5.69 Å². The second-order valence-corrected chi connectivity index (χ2v) is 11.7. The minimum atomic E-state index is -1.78. The van der Waals surface area contributed by atoms with Gasteiger partial charge in [0.15, 0.2) is 0 Å². The van der Waals surface area contributed by atoms with E-state index >= 15 is 0 Å². The molecule has 1 aromatic heterocycles. The van der Waals surface area contributed by atoms with Crippen LogP contribution in [0, 0.1) is 11.5 Å². The molecule has 0 spiro atoms. The molecule has 3 N–H and O–H groups in total. The lowest BCUT2D eigenvalue weighted by Gasteiger charge is -2.38. The van der Waals surface area contributed by atoms with Crippen molar-refractivity contribution in [3.8, 4) is 11.5 Å². The molecule has 0 bridgehead atoms. The highest BCUT2D eigenvalue weighted by atomic mass is 28.3. The summed E-state index contributed by atoms with van der Waals surface area (Å²) in [6, 6.07) is 0. The Balaban J connectivity index is 3.34. The van der Waals surface area contributed by atoms with Crippen LogP contribution >= 0.6 is 0 Å². The Kier molecular flexibility index (Phi) is 5.18. The molecule has 0 radical (unpaired) electrons. The van der Waals surface area contributed by atoms with Crippen LogP contribution in [0.25, 0.3) is 0 Å². The van der Waals surface area contributed by atoms with E-state index in [0.717, 1.165) is 0 Å². The van der Waals surface area contributed by atoms with E-state index in [1.165, 1.54) is 6.20 Å². The molecule has 0 aliphatic heterocycles. The summed E-state index contributed by atoms with van der Waals surface area (Å²) in [6.45, 7) is 13.6. The largest absolute Gasteiger partial charge is 0.384 e. The summed E-state index contributed by atoms with van der Waals surface area (Å²) >= 11 is 0. The average molecular weight is 291 g/mol. The summed E-state index contributed by atoms with van der Waals surface area (Å²) in [5, 5.41) is 0. The number of nitrogens with one attached hydrogen (secondary N) is 1. The lowest BCUT2D eigenvalue weighted by molar-refractivity contribution is 0.838. The molecular weight excluding hydrogens is 266 g/mol. The van der Waals surface area contributed by atoms with E-state index in [0.29, 0.717) is 28.0 Å². The van der Waals surface area contributed by atoms with E-state index < -0.39 is 13.8 Å². The summed E-state index contributed by atoms with van der Waals surface area (Å²) < 4.78 is 0. The molecule has 0 aliphatic rings. The molecule has 110 valence electrons. The first-order chi connectivity index (χ1) is 9.21. The van der Waals surface area contributed by atoms with Crippen molar-refractivity contribution in [3.05, 3.63) is 22.2 Å². The van der Waals surface area contributed by atoms with Crippen LogP contribution in [-0.4, -0.2) is 18.0 Å². The molecule has 5 heteroatoms. The van der Waals surface area contributed by atoms with Crippen molar-refractivity contribution in [2.45, 2.75) is 58.2 Å². The molecule has 0 fully saturated rings. The molecule has 1 rings (SSSR count). The maximum absolute atomic E-state index is 11.1. The average Bonchev–Trinajstić information content (AvgIpc) is 2.30. The van der Waals surface area contributed by atoms with E-state index in [1.54, 1.807) is 0 Å². The summed E-state index contributed by atoms with van der Waals surface area (Å²) in [7, 11) is -1.78. The van der Waals surface area contributed by atoms with Crippen molar-refractivity contribution >= 4 is 13.9 Å². The summed E-state index contributed by atoms with van der Waals surface area (Å²) in [5.41, 5.74) is 11.2. The fraction of sp³-hybridized carbons (Fsp3) is 0.600. The third-order valence-corrected chi connectivity index (χ3v) is 10.4. The van der Waals surface area contributed by atoms with Crippen molar-refractivity contribution < 1.29 is 0 Å². The van der Waals surface area contributed by atoms with Gasteiger partial charge in [0.1, 0.15) is 13.9 Å². The molecule has 0 saturated carbocycles. The standard InChI is InChI=1S/C15H25N3OSi/c1-10(2)20(11(3)4,12(5)6)8-7-13-9-17-15(19)18-14(13)16/h9-12H,1-6H3,(H3,16,17,18,19). The number of nitrogen functional groups attached to an aromatic ring is 1. The fourth-order valence-electron chi connectivity index (χ4n) is 3.12. The number of nitrogens with two attached hydrogens (primary N) is 1. The molecule has 4 nitrogen and oxygen atoms in total. The third kappa shape index (κ3) is 3.13. The highest BCUT2D eigenvalue weighted by Crippen LogP contribution is 2.40. The number of aromatic amines is 1. The van der Waals surface area contributed by atoms with E-state index in [2.05, 4.69) is 63.0 Å². The van der Waals surface area contributed by atoms with Crippen molar-refractivity contribution in [2.75, 3.05) is 5.73 Å². The maximum Gasteiger partial charge on any atom is 0.346 e. The minimum Gasteiger partial charge on any atom is -0.384 e. The molecule has 0 aliphatic carbocycles. The zero-order chi connectivity index (χ0) is 15.5. The van der Waals surface area contributed by atoms with E-state index in [1.807, 2.05) is 0 Å². The van der Waals surface area contributed by atoms with E-state index in [9.17, 15) is 4.79 Å². The van der Waals surface area contributed by atoms with E-state index in [-0.39, 0.29) is 0 Å². The maximum atomic E-state index is 11.1. The van der Waals surface area contributed by atoms with Gasteiger partial charge in [-0.2, -0.15) is 0 Å². The van der Waals surface area contributed by atoms with Crippen LogP contribution in [0.5, 0.6) is 0 Å². The smallest absolute Gasteiger partial charge is 0.346 e. The SMILES string of the molecule is CC(C)[Si](C#Cc1cnc(=O)[nH]c1N)(C(C)C)C(C)C. The minimum absolute atomic E-state index is 0.302. The van der Waals surface area contributed by atoms with Crippen LogP contribution in [0.1, 0.15) is 47.1 Å². The van der Waals surface area contributed by atoms with Gasteiger partial charge in [0.05, 0.1) is 11.8 Å². The van der Waals surface area contributed by atoms with Gasteiger partial charge < -0.3 is 5.73 Å². The number of anilines is 1. The first-order valence-corrected chi connectivity index (χ1v) is 9.33. The molecular formula is C15H25N3OSi. The predicted octanol–water partition coefficient (Wildman–Crippen LogP) is 2.92. The fourth-order valence-corrected chi connectivity index (χ4v) is 8.33. The number of rotatable bonds is 3. The summed E-state index contributed by atoms with van der Waals surface area (Å²) in [5.74, 6) is 3.48. The van der Waals surface area contributed by atoms with Crippen molar-refractivity contribution in [2.24, 2.45) is 0 Å². The number of H-pyrrole nitrogens is 1. The van der Waals surface area contributed by atoms with Crippen molar-refractivity contribution in [1.82, 2.24) is 9.97 Å². The monoisotopic (exact) mass is 291 g/mol. The number of hydrogen-bond donors (Lipinski definition) is 2. The number of aromatic nitrogens is 2. The van der Waals surface area contributed by atoms with Gasteiger partial charge in [0.25, 0.3) is 0 Å². The van der Waals surface area contributed by atoms with Gasteiger partial charge in [0, 0.05) is 0 Å². The molecule has 0 amide bonds. The van der Waals surface area contributed by atoms with E-state index in [4.69, 9.17) is 5.73 Å². The van der Waals surface area contributed by atoms with Crippen LogP contribution in [0.4, 0.5) is 5.82 Å². The molecule has 0 unspecified atom stereocenters. The lowest BCUT2D eigenvalue weighted by Crippen LogP contribution is -2.43. The van der Waals surface area contributed by atoms with Crippen molar-refractivity contribution in [1.29, 1.82) is 0 Å². The molecule has 20 heavy (non-hydrogen) atoms. The highest BCUT2D eigenvalue weighted by molar-refractivity contribution is 6.90. The number of hydrogen-bond acceptors (Lipinski definition) is 3. The Hall–Kier alpha value is -1.54. The van der Waals surface area contributed by atoms with Gasteiger partial charge in [-0.05, 0) is 16.6 Å². The summed E-state index contributed by atoms with van der Waals surface area (Å²) in [6.07, 6.45) is 1.46. The molecule has 0 saturated heterocycles. The van der Waals surface area contributed by atoms with Crippen LogP contribution in [0.2, 0.25) is 16.6 Å². The third-order valence-electron chi connectivity index (χ3n) is 4.12. The topological polar surface area (TPSA) is 71.8 Å². The second kappa shape index (κ2) is 6.27. The Morgan fingerprint density at radius 2 is 1.65 bits per heavy atom. The Morgan fingerprint density at radius 1 is 1.15 bits per heavy atom. The van der Waals surface area contributed by atoms with Gasteiger partial charge in [0.2, 0.25) is 0 Å². The van der Waals surface area contributed by atoms with Gasteiger partial charge in [-0.1, -0.05) is 47.5 Å². The molecule has 1 aromatic rings. The highest BCUT2D eigenvalue weighted by Gasteiger charge is 2.41. The molecule has 0 aromatic carbocycles. The first-order valence-electron chi connectivity index (χ1n) is 7.09. The number of nitrogens with zero attached hydrogens (tertiary/aromatic N) is 1. The second-order valence-electron chi connectivity index (χ2n) is 6.16. The Labute approximate surface area is 122 Å². The van der Waals surface area contributed by atoms with Crippen LogP contribution in [-0.2, 0) is 0 Å². The Bertz CT molecular complexity index is 557. The van der Waals surface area contributed by atoms with Gasteiger partial charge in [-0.25, -0.2) is 9.78 Å². The first kappa shape index (κ1) is 16.5. The predicted molar refractivity (Wildman–Crippen MR) is 87.2 cm³/mol. The summed E-state index contributed by atoms with van der Waals surface area (Å²) in [4.78, 5) is 17.3. The quantitative estimate of drug-likeness (QED) is 0.664. The zero-order valence-corrected chi connectivity index (χ0v) is 14.2.